The van der Waals surface area contributed by atoms with Crippen molar-refractivity contribution in [3.05, 3.63) is 76.3 Å². The molecule has 0 aliphatic carbocycles. The Bertz CT molecular complexity index is 1250. The monoisotopic (exact) mass is 447 g/mol. The zero-order chi connectivity index (χ0) is 22.7. The number of hydrogen-bond acceptors (Lipinski definition) is 5. The number of aromatic nitrogens is 2. The molecule has 4 rings (SSSR count). The lowest BCUT2D eigenvalue weighted by Gasteiger charge is -2.14. The number of hydrogen-bond donors (Lipinski definition) is 1. The first-order valence-electron chi connectivity index (χ1n) is 10.6. The first-order chi connectivity index (χ1) is 15.5. The number of nitrogens with one attached hydrogen (secondary N) is 1. The SMILES string of the molecule is CCc1cccc(CC)c1NC(=O)COC(=O)c1cc2c(C)nn(-c3ccccc3)c2s1. The summed E-state index contributed by atoms with van der Waals surface area (Å²) in [6.07, 6.45) is 1.62. The lowest BCUT2D eigenvalue weighted by molar-refractivity contribution is -0.119. The summed E-state index contributed by atoms with van der Waals surface area (Å²) in [5.74, 6) is -0.860. The summed E-state index contributed by atoms with van der Waals surface area (Å²) < 4.78 is 7.15. The van der Waals surface area contributed by atoms with Gasteiger partial charge >= 0.3 is 5.97 Å². The standard InChI is InChI=1S/C25H25N3O3S/c1-4-17-10-9-11-18(5-2)23(17)26-22(29)15-31-25(30)21-14-20-16(3)27-28(24(20)32-21)19-12-7-6-8-13-19/h6-14H,4-5,15H2,1-3H3,(H,26,29). The molecule has 0 spiro atoms. The minimum Gasteiger partial charge on any atom is -0.451 e. The number of fused-ring (bicyclic) bond motifs is 1. The Kier molecular flexibility index (Phi) is 6.37. The van der Waals surface area contributed by atoms with Gasteiger partial charge < -0.3 is 10.1 Å². The summed E-state index contributed by atoms with van der Waals surface area (Å²) in [4.78, 5) is 26.5. The fourth-order valence-corrected chi connectivity index (χ4v) is 4.75. The molecule has 1 N–H and O–H groups in total. The van der Waals surface area contributed by atoms with Gasteiger partial charge in [-0.1, -0.05) is 50.2 Å². The Morgan fingerprint density at radius 1 is 1.03 bits per heavy atom. The number of benzene rings is 2. The molecule has 0 aliphatic rings. The molecule has 0 unspecified atom stereocenters. The molecule has 4 aromatic rings. The number of esters is 1. The third-order valence-corrected chi connectivity index (χ3v) is 6.43. The van der Waals surface area contributed by atoms with Crippen LogP contribution in [-0.4, -0.2) is 28.3 Å². The van der Waals surface area contributed by atoms with E-state index in [0.717, 1.165) is 51.3 Å². The van der Waals surface area contributed by atoms with Crippen LogP contribution in [0, 0.1) is 6.92 Å². The van der Waals surface area contributed by atoms with E-state index in [1.54, 1.807) is 6.07 Å². The van der Waals surface area contributed by atoms with E-state index in [4.69, 9.17) is 4.74 Å². The number of carbonyl (C=O) groups is 2. The lowest BCUT2D eigenvalue weighted by atomic mass is 10.0. The largest absolute Gasteiger partial charge is 0.451 e. The van der Waals surface area contributed by atoms with Crippen molar-refractivity contribution in [1.82, 2.24) is 9.78 Å². The highest BCUT2D eigenvalue weighted by Crippen LogP contribution is 2.31. The van der Waals surface area contributed by atoms with E-state index in [9.17, 15) is 9.59 Å². The number of thiophene rings is 1. The van der Waals surface area contributed by atoms with Crippen molar-refractivity contribution in [2.45, 2.75) is 33.6 Å². The molecule has 0 aliphatic heterocycles. The van der Waals surface area contributed by atoms with Crippen LogP contribution in [0.5, 0.6) is 0 Å². The van der Waals surface area contributed by atoms with Gasteiger partial charge in [0.15, 0.2) is 6.61 Å². The Morgan fingerprint density at radius 2 is 1.72 bits per heavy atom. The number of anilines is 1. The third kappa shape index (κ3) is 4.29. The first kappa shape index (κ1) is 21.8. The average molecular weight is 448 g/mol. The molecule has 32 heavy (non-hydrogen) atoms. The maximum atomic E-state index is 12.7. The number of carbonyl (C=O) groups excluding carboxylic acids is 2. The molecule has 1 amide bonds. The van der Waals surface area contributed by atoms with Crippen molar-refractivity contribution in [2.24, 2.45) is 0 Å². The van der Waals surface area contributed by atoms with Crippen LogP contribution in [-0.2, 0) is 22.4 Å². The molecule has 164 valence electrons. The molecule has 2 aromatic carbocycles. The Morgan fingerprint density at radius 3 is 2.38 bits per heavy atom. The molecule has 6 nitrogen and oxygen atoms in total. The van der Waals surface area contributed by atoms with Gasteiger partial charge in [-0.25, -0.2) is 9.48 Å². The second kappa shape index (κ2) is 9.36. The summed E-state index contributed by atoms with van der Waals surface area (Å²) >= 11 is 1.31. The number of para-hydroxylation sites is 2. The van der Waals surface area contributed by atoms with E-state index >= 15 is 0 Å². The van der Waals surface area contributed by atoms with Crippen LogP contribution < -0.4 is 5.32 Å². The average Bonchev–Trinajstić information content (AvgIpc) is 3.39. The maximum Gasteiger partial charge on any atom is 0.348 e. The molecular weight excluding hydrogens is 422 g/mol. The van der Waals surface area contributed by atoms with Gasteiger partial charge in [-0.05, 0) is 49.1 Å². The van der Waals surface area contributed by atoms with Crippen molar-refractivity contribution < 1.29 is 14.3 Å². The number of amides is 1. The smallest absolute Gasteiger partial charge is 0.348 e. The van der Waals surface area contributed by atoms with Crippen LogP contribution >= 0.6 is 11.3 Å². The fraction of sp³-hybridized carbons (Fsp3) is 0.240. The Hall–Kier alpha value is -3.45. The molecule has 0 atom stereocenters. The van der Waals surface area contributed by atoms with Crippen molar-refractivity contribution in [3.8, 4) is 5.69 Å². The summed E-state index contributed by atoms with van der Waals surface area (Å²) in [6.45, 7) is 5.67. The third-order valence-electron chi connectivity index (χ3n) is 5.34. The number of aryl methyl sites for hydroxylation is 3. The predicted molar refractivity (Wildman–Crippen MR) is 128 cm³/mol. The molecule has 0 saturated carbocycles. The normalized spacial score (nSPS) is 11.0. The molecule has 0 saturated heterocycles. The molecular formula is C25H25N3O3S. The van der Waals surface area contributed by atoms with E-state index in [-0.39, 0.29) is 12.5 Å². The van der Waals surface area contributed by atoms with Gasteiger partial charge in [0, 0.05) is 11.1 Å². The summed E-state index contributed by atoms with van der Waals surface area (Å²) in [6, 6.07) is 17.5. The number of rotatable bonds is 7. The van der Waals surface area contributed by atoms with Crippen molar-refractivity contribution in [3.63, 3.8) is 0 Å². The topological polar surface area (TPSA) is 73.2 Å². The first-order valence-corrected chi connectivity index (χ1v) is 11.5. The Balaban J connectivity index is 1.48. The molecule has 7 heteroatoms. The molecule has 0 fully saturated rings. The molecule has 2 aromatic heterocycles. The van der Waals surface area contributed by atoms with E-state index in [2.05, 4.69) is 10.4 Å². The van der Waals surface area contributed by atoms with Gasteiger partial charge in [0.1, 0.15) is 9.71 Å². The zero-order valence-corrected chi connectivity index (χ0v) is 19.2. The maximum absolute atomic E-state index is 12.7. The number of nitrogens with zero attached hydrogens (tertiary/aromatic N) is 2. The van der Waals surface area contributed by atoms with Gasteiger partial charge in [0.2, 0.25) is 0 Å². The molecule has 0 bridgehead atoms. The minimum atomic E-state index is -0.514. The second-order valence-corrected chi connectivity index (χ2v) is 8.48. The highest BCUT2D eigenvalue weighted by molar-refractivity contribution is 7.20. The zero-order valence-electron chi connectivity index (χ0n) is 18.3. The highest BCUT2D eigenvalue weighted by atomic mass is 32.1. The van der Waals surface area contributed by atoms with E-state index < -0.39 is 5.97 Å². The van der Waals surface area contributed by atoms with Crippen LogP contribution in [0.15, 0.2) is 54.6 Å². The summed E-state index contributed by atoms with van der Waals surface area (Å²) in [5, 5.41) is 8.41. The van der Waals surface area contributed by atoms with Gasteiger partial charge in [-0.2, -0.15) is 5.10 Å². The van der Waals surface area contributed by atoms with Crippen LogP contribution in [0.1, 0.15) is 40.3 Å². The van der Waals surface area contributed by atoms with Gasteiger partial charge in [0.25, 0.3) is 5.91 Å². The Labute approximate surface area is 190 Å². The van der Waals surface area contributed by atoms with Crippen LogP contribution in [0.3, 0.4) is 0 Å². The lowest BCUT2D eigenvalue weighted by Crippen LogP contribution is -2.22. The fourth-order valence-electron chi connectivity index (χ4n) is 3.67. The van der Waals surface area contributed by atoms with Gasteiger partial charge in [0.05, 0.1) is 11.4 Å². The van der Waals surface area contributed by atoms with Crippen molar-refractivity contribution in [2.75, 3.05) is 11.9 Å². The van der Waals surface area contributed by atoms with Crippen LogP contribution in [0.25, 0.3) is 15.9 Å². The van der Waals surface area contributed by atoms with E-state index in [1.165, 1.54) is 11.3 Å². The van der Waals surface area contributed by atoms with Crippen LogP contribution in [0.2, 0.25) is 0 Å². The second-order valence-electron chi connectivity index (χ2n) is 7.44. The van der Waals surface area contributed by atoms with Crippen molar-refractivity contribution in [1.29, 1.82) is 0 Å². The highest BCUT2D eigenvalue weighted by Gasteiger charge is 2.19. The molecule has 2 heterocycles. The van der Waals surface area contributed by atoms with Crippen molar-refractivity contribution >= 4 is 39.1 Å². The summed E-state index contributed by atoms with van der Waals surface area (Å²) in [5.41, 5.74) is 4.70. The number of ether oxygens (including phenoxy) is 1. The van der Waals surface area contributed by atoms with E-state index in [0.29, 0.717) is 4.88 Å². The van der Waals surface area contributed by atoms with Gasteiger partial charge in [-0.3, -0.25) is 4.79 Å². The minimum absolute atomic E-state index is 0.335. The molecule has 0 radical (unpaired) electrons. The van der Waals surface area contributed by atoms with Crippen LogP contribution in [0.4, 0.5) is 5.69 Å². The predicted octanol–water partition coefficient (Wildman–Crippen LogP) is 5.32. The quantitative estimate of drug-likeness (QED) is 0.389. The van der Waals surface area contributed by atoms with E-state index in [1.807, 2.05) is 74.0 Å². The van der Waals surface area contributed by atoms with Gasteiger partial charge in [-0.15, -0.1) is 11.3 Å². The summed E-state index contributed by atoms with van der Waals surface area (Å²) in [7, 11) is 0.